The average molecular weight is 431 g/mol. The summed E-state index contributed by atoms with van der Waals surface area (Å²) in [5.41, 5.74) is 1.23. The van der Waals surface area contributed by atoms with Crippen LogP contribution in [0.1, 0.15) is 97.0 Å². The van der Waals surface area contributed by atoms with Gasteiger partial charge in [-0.15, -0.1) is 0 Å². The Bertz CT molecular complexity index is 594. The first-order valence-corrected chi connectivity index (χ1v) is 12.6. The Balaban J connectivity index is 2.53. The van der Waals surface area contributed by atoms with Crippen molar-refractivity contribution in [2.75, 3.05) is 0 Å². The topological polar surface area (TPSA) is 57.5 Å². The molecule has 0 aromatic heterocycles. The zero-order valence-corrected chi connectivity index (χ0v) is 20.1. The zero-order valence-electron chi connectivity index (χ0n) is 20.1. The highest BCUT2D eigenvalue weighted by Crippen LogP contribution is 2.29. The van der Waals surface area contributed by atoms with Crippen LogP contribution < -0.4 is 0 Å². The number of hydrogen-bond acceptors (Lipinski definition) is 2. The van der Waals surface area contributed by atoms with E-state index in [2.05, 4.69) is 38.1 Å². The first-order chi connectivity index (χ1) is 15.0. The number of aliphatic carboxylic acids is 1. The van der Waals surface area contributed by atoms with Crippen molar-refractivity contribution in [1.82, 2.24) is 0 Å². The standard InChI is InChI=1S/C28H46O3/c1-4-6-7-8-9-10-12-16-24(5-2)19-15-20-26(27(23(3)29)28(30)31)22-21-25-17-13-11-14-18-25/h10-14,17-18,23-24,26-27,29H,4-9,15-16,19-22H2,1-3H3,(H,30,31)/b12-10-/t23-,24-,26+,27+/m0/s1. The Labute approximate surface area is 191 Å². The van der Waals surface area contributed by atoms with E-state index in [1.165, 1.54) is 37.7 Å². The molecule has 0 bridgehead atoms. The zero-order chi connectivity index (χ0) is 22.9. The number of carboxylic acids is 1. The Morgan fingerprint density at radius 1 is 0.968 bits per heavy atom. The van der Waals surface area contributed by atoms with Crippen LogP contribution in [-0.4, -0.2) is 22.3 Å². The highest BCUT2D eigenvalue weighted by molar-refractivity contribution is 5.71. The van der Waals surface area contributed by atoms with Gasteiger partial charge in [0.2, 0.25) is 0 Å². The summed E-state index contributed by atoms with van der Waals surface area (Å²) < 4.78 is 0. The van der Waals surface area contributed by atoms with Crippen LogP contribution in [0.3, 0.4) is 0 Å². The lowest BCUT2D eigenvalue weighted by Gasteiger charge is -2.27. The number of aliphatic hydroxyl groups excluding tert-OH is 1. The first kappa shape index (κ1) is 27.4. The number of hydrogen-bond donors (Lipinski definition) is 2. The molecule has 1 aromatic rings. The van der Waals surface area contributed by atoms with Crippen LogP contribution in [0.4, 0.5) is 0 Å². The molecule has 176 valence electrons. The molecular formula is C28H46O3. The molecule has 1 rings (SSSR count). The number of aryl methyl sites for hydroxylation is 1. The van der Waals surface area contributed by atoms with Crippen LogP contribution >= 0.6 is 0 Å². The fraction of sp³-hybridized carbons (Fsp3) is 0.679. The van der Waals surface area contributed by atoms with Gasteiger partial charge in [0.15, 0.2) is 0 Å². The molecule has 0 fully saturated rings. The minimum absolute atomic E-state index is 0.00400. The lowest BCUT2D eigenvalue weighted by Crippen LogP contribution is -2.33. The molecule has 0 spiro atoms. The highest BCUT2D eigenvalue weighted by Gasteiger charge is 2.31. The van der Waals surface area contributed by atoms with Crippen molar-refractivity contribution in [3.05, 3.63) is 48.0 Å². The molecule has 0 aliphatic rings. The third kappa shape index (κ3) is 12.1. The number of allylic oxidation sites excluding steroid dienone is 2. The molecule has 3 heteroatoms. The van der Waals surface area contributed by atoms with E-state index in [1.54, 1.807) is 6.92 Å². The van der Waals surface area contributed by atoms with Gasteiger partial charge in [0.25, 0.3) is 0 Å². The van der Waals surface area contributed by atoms with E-state index in [0.717, 1.165) is 44.9 Å². The van der Waals surface area contributed by atoms with Gasteiger partial charge in [0.1, 0.15) is 0 Å². The second kappa shape index (κ2) is 17.0. The van der Waals surface area contributed by atoms with Crippen molar-refractivity contribution in [2.45, 2.75) is 104 Å². The molecule has 1 aromatic carbocycles. The summed E-state index contributed by atoms with van der Waals surface area (Å²) in [4.78, 5) is 11.8. The molecule has 0 saturated carbocycles. The maximum atomic E-state index is 11.8. The van der Waals surface area contributed by atoms with E-state index in [0.29, 0.717) is 5.92 Å². The Morgan fingerprint density at radius 2 is 1.71 bits per heavy atom. The maximum absolute atomic E-state index is 11.8. The summed E-state index contributed by atoms with van der Waals surface area (Å²) in [5.74, 6) is -0.890. The van der Waals surface area contributed by atoms with Gasteiger partial charge in [-0.3, -0.25) is 4.79 Å². The number of carbonyl (C=O) groups is 1. The number of aliphatic hydroxyl groups is 1. The van der Waals surface area contributed by atoms with Crippen LogP contribution in [0.15, 0.2) is 42.5 Å². The fourth-order valence-electron chi connectivity index (χ4n) is 4.55. The third-order valence-corrected chi connectivity index (χ3v) is 6.58. The van der Waals surface area contributed by atoms with Crippen molar-refractivity contribution < 1.29 is 15.0 Å². The Morgan fingerprint density at radius 3 is 2.32 bits per heavy atom. The Hall–Kier alpha value is -1.61. The number of rotatable bonds is 18. The second-order valence-electron chi connectivity index (χ2n) is 9.15. The summed E-state index contributed by atoms with van der Waals surface area (Å²) in [5, 5.41) is 19.9. The second-order valence-corrected chi connectivity index (χ2v) is 9.15. The molecule has 0 aliphatic heterocycles. The van der Waals surface area contributed by atoms with Crippen LogP contribution in [-0.2, 0) is 11.2 Å². The smallest absolute Gasteiger partial charge is 0.309 e. The van der Waals surface area contributed by atoms with Crippen LogP contribution in [0.5, 0.6) is 0 Å². The number of benzene rings is 1. The molecule has 0 heterocycles. The minimum Gasteiger partial charge on any atom is -0.481 e. The summed E-state index contributed by atoms with van der Waals surface area (Å²) in [6.45, 7) is 6.12. The largest absolute Gasteiger partial charge is 0.481 e. The van der Waals surface area contributed by atoms with Crippen LogP contribution in [0, 0.1) is 17.8 Å². The maximum Gasteiger partial charge on any atom is 0.309 e. The van der Waals surface area contributed by atoms with Gasteiger partial charge < -0.3 is 10.2 Å². The molecule has 4 atom stereocenters. The lowest BCUT2D eigenvalue weighted by molar-refractivity contribution is -0.148. The number of unbranched alkanes of at least 4 members (excludes halogenated alkanes) is 4. The van der Waals surface area contributed by atoms with E-state index in [4.69, 9.17) is 0 Å². The molecule has 0 amide bonds. The van der Waals surface area contributed by atoms with Crippen molar-refractivity contribution in [2.24, 2.45) is 17.8 Å². The average Bonchev–Trinajstić information content (AvgIpc) is 2.75. The predicted molar refractivity (Wildman–Crippen MR) is 131 cm³/mol. The van der Waals surface area contributed by atoms with E-state index >= 15 is 0 Å². The van der Waals surface area contributed by atoms with Crippen molar-refractivity contribution in [3.8, 4) is 0 Å². The van der Waals surface area contributed by atoms with E-state index in [9.17, 15) is 15.0 Å². The van der Waals surface area contributed by atoms with Gasteiger partial charge >= 0.3 is 5.97 Å². The van der Waals surface area contributed by atoms with Crippen LogP contribution in [0.2, 0.25) is 0 Å². The van der Waals surface area contributed by atoms with Gasteiger partial charge in [-0.2, -0.15) is 0 Å². The summed E-state index contributed by atoms with van der Waals surface area (Å²) >= 11 is 0. The minimum atomic E-state index is -0.869. The summed E-state index contributed by atoms with van der Waals surface area (Å²) in [6.07, 6.45) is 17.3. The van der Waals surface area contributed by atoms with E-state index < -0.39 is 18.0 Å². The highest BCUT2D eigenvalue weighted by atomic mass is 16.4. The molecule has 31 heavy (non-hydrogen) atoms. The predicted octanol–water partition coefficient (Wildman–Crippen LogP) is 7.43. The lowest BCUT2D eigenvalue weighted by atomic mass is 9.80. The molecule has 0 radical (unpaired) electrons. The molecule has 0 unspecified atom stereocenters. The summed E-state index contributed by atoms with van der Waals surface area (Å²) in [6, 6.07) is 10.2. The molecular weight excluding hydrogens is 384 g/mol. The molecule has 3 nitrogen and oxygen atoms in total. The van der Waals surface area contributed by atoms with Gasteiger partial charge in [-0.1, -0.05) is 94.9 Å². The van der Waals surface area contributed by atoms with E-state index in [1.807, 2.05) is 18.2 Å². The molecule has 0 aliphatic carbocycles. The van der Waals surface area contributed by atoms with Crippen molar-refractivity contribution in [1.29, 1.82) is 0 Å². The number of carboxylic acid groups (broad SMARTS) is 1. The van der Waals surface area contributed by atoms with Crippen LogP contribution in [0.25, 0.3) is 0 Å². The molecule has 2 N–H and O–H groups in total. The van der Waals surface area contributed by atoms with Gasteiger partial charge in [0, 0.05) is 0 Å². The van der Waals surface area contributed by atoms with Crippen molar-refractivity contribution in [3.63, 3.8) is 0 Å². The third-order valence-electron chi connectivity index (χ3n) is 6.58. The normalized spacial score (nSPS) is 15.6. The van der Waals surface area contributed by atoms with Gasteiger partial charge in [-0.25, -0.2) is 0 Å². The van der Waals surface area contributed by atoms with Crippen molar-refractivity contribution >= 4 is 5.97 Å². The monoisotopic (exact) mass is 430 g/mol. The quantitative estimate of drug-likeness (QED) is 0.188. The van der Waals surface area contributed by atoms with Gasteiger partial charge in [-0.05, 0) is 62.8 Å². The fourth-order valence-corrected chi connectivity index (χ4v) is 4.55. The van der Waals surface area contributed by atoms with Gasteiger partial charge in [0.05, 0.1) is 12.0 Å². The molecule has 0 saturated heterocycles. The SMILES string of the molecule is CCCCCC/C=C\C[C@H](CC)CCC[C@H](CCc1ccccc1)[C@H](C(=O)O)[C@H](C)O. The first-order valence-electron chi connectivity index (χ1n) is 12.6. The Kier molecular flexibility index (Phi) is 15.0. The summed E-state index contributed by atoms with van der Waals surface area (Å²) in [7, 11) is 0. The van der Waals surface area contributed by atoms with E-state index in [-0.39, 0.29) is 5.92 Å².